The van der Waals surface area contributed by atoms with Crippen molar-refractivity contribution in [2.75, 3.05) is 13.2 Å². The molecule has 4 amide bonds. The third-order valence-corrected chi connectivity index (χ3v) is 8.41. The van der Waals surface area contributed by atoms with Gasteiger partial charge in [-0.05, 0) is 48.9 Å². The molecule has 3 aromatic rings. The van der Waals surface area contributed by atoms with Crippen LogP contribution in [0.4, 0.5) is 4.79 Å². The minimum atomic E-state index is -1.47. The molecular weight excluding hydrogens is 624 g/mol. The number of carbonyl (C=O) groups is 4. The van der Waals surface area contributed by atoms with Crippen molar-refractivity contribution >= 4 is 30.1 Å². The summed E-state index contributed by atoms with van der Waals surface area (Å²) in [5.74, 6) is -1.98. The molecule has 0 saturated carbocycles. The van der Waals surface area contributed by atoms with Gasteiger partial charge in [-0.1, -0.05) is 105 Å². The molecule has 0 aliphatic rings. The number of hydrogen-bond acceptors (Lipinski definition) is 8. The molecular formula is C38H47N4O7. The van der Waals surface area contributed by atoms with Crippen molar-refractivity contribution in [3.8, 4) is 11.1 Å². The SMILES string of the molecule is CCCCCC(=O)NC([C]=O)C(CO)(CNC(=O)[C@H](C)N(C(=O)OCc1ccccc1)C(=O)[C@H](C)N)Cc1ccccc1-c1ccccc1. The van der Waals surface area contributed by atoms with Crippen LogP contribution in [-0.4, -0.2) is 71.4 Å². The Balaban J connectivity index is 1.92. The second-order valence-electron chi connectivity index (χ2n) is 12.2. The maximum Gasteiger partial charge on any atom is 0.417 e. The van der Waals surface area contributed by atoms with Gasteiger partial charge >= 0.3 is 6.09 Å². The van der Waals surface area contributed by atoms with Gasteiger partial charge in [0.15, 0.2) is 0 Å². The van der Waals surface area contributed by atoms with Crippen LogP contribution in [-0.2, 0) is 36.9 Å². The zero-order valence-corrected chi connectivity index (χ0v) is 28.4. The molecule has 0 bridgehead atoms. The molecule has 0 aliphatic heterocycles. The van der Waals surface area contributed by atoms with Gasteiger partial charge in [0.2, 0.25) is 24.0 Å². The maximum absolute atomic E-state index is 13.7. The molecule has 11 nitrogen and oxygen atoms in total. The lowest BCUT2D eigenvalue weighted by Crippen LogP contribution is -2.59. The summed E-state index contributed by atoms with van der Waals surface area (Å²) in [6.45, 7) is 3.67. The number of ether oxygens (including phenoxy) is 1. The van der Waals surface area contributed by atoms with Gasteiger partial charge in [0, 0.05) is 18.4 Å². The van der Waals surface area contributed by atoms with Crippen molar-refractivity contribution in [3.63, 3.8) is 0 Å². The molecule has 11 heteroatoms. The van der Waals surface area contributed by atoms with Crippen LogP contribution in [0.1, 0.15) is 57.6 Å². The Bertz CT molecular complexity index is 1530. The number of aliphatic hydroxyl groups is 1. The summed E-state index contributed by atoms with van der Waals surface area (Å²) in [7, 11) is 0. The maximum atomic E-state index is 13.7. The highest BCUT2D eigenvalue weighted by molar-refractivity contribution is 5.99. The van der Waals surface area contributed by atoms with E-state index >= 15 is 0 Å². The fourth-order valence-electron chi connectivity index (χ4n) is 5.47. The van der Waals surface area contributed by atoms with Gasteiger partial charge in [-0.2, -0.15) is 0 Å². The van der Waals surface area contributed by atoms with Crippen LogP contribution in [0.3, 0.4) is 0 Å². The highest BCUT2D eigenvalue weighted by atomic mass is 16.6. The van der Waals surface area contributed by atoms with Crippen LogP contribution >= 0.6 is 0 Å². The lowest BCUT2D eigenvalue weighted by Gasteiger charge is -2.38. The molecule has 0 spiro atoms. The Morgan fingerprint density at radius 3 is 2.18 bits per heavy atom. The minimum absolute atomic E-state index is 0.0555. The molecule has 3 aromatic carbocycles. The molecule has 261 valence electrons. The second-order valence-corrected chi connectivity index (χ2v) is 12.2. The Morgan fingerprint density at radius 2 is 1.57 bits per heavy atom. The molecule has 0 aliphatic carbocycles. The number of nitrogens with one attached hydrogen (secondary N) is 2. The van der Waals surface area contributed by atoms with Crippen LogP contribution in [0.15, 0.2) is 84.9 Å². The minimum Gasteiger partial charge on any atom is -0.444 e. The standard InChI is InChI=1S/C38H47N4O7/c1-4-5-8-21-34(45)41-33(23-43)38(26-44,22-31-19-13-14-20-32(31)30-17-11-7-12-18-30)25-40-35(46)28(3)42(36(47)27(2)39)37(48)49-24-29-15-9-6-10-16-29/h6-7,9-20,27-28,33,44H,4-5,8,21-22,24-26,39H2,1-3H3,(H,40,46)(H,41,45)/t27-,28-,33?,38?/m0/s1. The van der Waals surface area contributed by atoms with E-state index in [1.807, 2.05) is 67.8 Å². The summed E-state index contributed by atoms with van der Waals surface area (Å²) in [4.78, 5) is 66.1. The van der Waals surface area contributed by atoms with E-state index < -0.39 is 48.1 Å². The molecule has 2 unspecified atom stereocenters. The first-order valence-corrected chi connectivity index (χ1v) is 16.5. The van der Waals surface area contributed by atoms with E-state index in [1.165, 1.54) is 13.8 Å². The molecule has 0 heterocycles. The van der Waals surface area contributed by atoms with Crippen LogP contribution in [0.5, 0.6) is 0 Å². The second kappa shape index (κ2) is 19.2. The van der Waals surface area contributed by atoms with Gasteiger partial charge in [0.1, 0.15) is 18.7 Å². The first-order chi connectivity index (χ1) is 23.6. The summed E-state index contributed by atoms with van der Waals surface area (Å²) in [6, 6.07) is 22.0. The fraction of sp³-hybridized carbons (Fsp3) is 0.395. The number of carbonyl (C=O) groups excluding carboxylic acids is 5. The first-order valence-electron chi connectivity index (χ1n) is 16.5. The Hall–Kier alpha value is -4.87. The van der Waals surface area contributed by atoms with Gasteiger partial charge in [-0.3, -0.25) is 19.2 Å². The topological polar surface area (TPSA) is 168 Å². The molecule has 49 heavy (non-hydrogen) atoms. The highest BCUT2D eigenvalue weighted by Crippen LogP contribution is 2.32. The number of hydrogen-bond donors (Lipinski definition) is 4. The van der Waals surface area contributed by atoms with E-state index in [0.29, 0.717) is 16.9 Å². The molecule has 0 fully saturated rings. The van der Waals surface area contributed by atoms with Crippen molar-refractivity contribution in [2.24, 2.45) is 11.1 Å². The summed E-state index contributed by atoms with van der Waals surface area (Å²) < 4.78 is 5.37. The third kappa shape index (κ3) is 10.8. The average Bonchev–Trinajstić information content (AvgIpc) is 3.12. The van der Waals surface area contributed by atoms with Crippen molar-refractivity contribution in [2.45, 2.75) is 77.6 Å². The molecule has 1 radical (unpaired) electrons. The summed E-state index contributed by atoms with van der Waals surface area (Å²) >= 11 is 0. The van der Waals surface area contributed by atoms with Gasteiger partial charge in [0.25, 0.3) is 0 Å². The van der Waals surface area contributed by atoms with E-state index in [4.69, 9.17) is 10.5 Å². The molecule has 0 saturated heterocycles. The van der Waals surface area contributed by atoms with E-state index in [2.05, 4.69) is 10.6 Å². The smallest absolute Gasteiger partial charge is 0.417 e. The number of rotatable bonds is 18. The van der Waals surface area contributed by atoms with E-state index in [1.54, 1.807) is 30.3 Å². The normalized spacial score (nSPS) is 14.0. The first kappa shape index (κ1) is 38.6. The average molecular weight is 672 g/mol. The van der Waals surface area contributed by atoms with Crippen LogP contribution in [0.25, 0.3) is 11.1 Å². The van der Waals surface area contributed by atoms with E-state index in [-0.39, 0.29) is 31.9 Å². The Labute approximate surface area is 288 Å². The van der Waals surface area contributed by atoms with Crippen molar-refractivity contribution in [1.82, 2.24) is 15.5 Å². The predicted octanol–water partition coefficient (Wildman–Crippen LogP) is 4.07. The monoisotopic (exact) mass is 671 g/mol. The van der Waals surface area contributed by atoms with Gasteiger partial charge in [0.05, 0.1) is 12.6 Å². The predicted molar refractivity (Wildman–Crippen MR) is 186 cm³/mol. The van der Waals surface area contributed by atoms with Gasteiger partial charge in [-0.15, -0.1) is 0 Å². The number of amides is 4. The summed E-state index contributed by atoms with van der Waals surface area (Å²) in [6.07, 6.45) is 3.43. The summed E-state index contributed by atoms with van der Waals surface area (Å²) in [5.41, 5.74) is 7.54. The summed E-state index contributed by atoms with van der Waals surface area (Å²) in [5, 5.41) is 16.4. The van der Waals surface area contributed by atoms with E-state index in [9.17, 15) is 29.1 Å². The molecule has 0 aromatic heterocycles. The number of unbranched alkanes of at least 4 members (excludes halogenated alkanes) is 2. The highest BCUT2D eigenvalue weighted by Gasteiger charge is 2.42. The molecule has 3 rings (SSSR count). The van der Waals surface area contributed by atoms with Gasteiger partial charge < -0.3 is 26.2 Å². The number of imide groups is 1. The van der Waals surface area contributed by atoms with Crippen LogP contribution in [0.2, 0.25) is 0 Å². The Kier molecular flexibility index (Phi) is 15.1. The lowest BCUT2D eigenvalue weighted by molar-refractivity contribution is -0.139. The van der Waals surface area contributed by atoms with Gasteiger partial charge in [-0.25, -0.2) is 9.69 Å². The quantitative estimate of drug-likeness (QED) is 0.147. The van der Waals surface area contributed by atoms with Crippen molar-refractivity contribution in [1.29, 1.82) is 0 Å². The zero-order chi connectivity index (χ0) is 35.8. The Morgan fingerprint density at radius 1 is 0.939 bits per heavy atom. The number of aliphatic hydroxyl groups excluding tert-OH is 1. The molecule has 4 atom stereocenters. The van der Waals surface area contributed by atoms with E-state index in [0.717, 1.165) is 29.5 Å². The lowest BCUT2D eigenvalue weighted by atomic mass is 9.74. The molecule has 5 N–H and O–H groups in total. The fourth-order valence-corrected chi connectivity index (χ4v) is 5.47. The number of benzene rings is 3. The van der Waals surface area contributed by atoms with Crippen molar-refractivity contribution < 1.29 is 33.8 Å². The number of nitrogens with two attached hydrogens (primary N) is 1. The third-order valence-electron chi connectivity index (χ3n) is 8.41. The zero-order valence-electron chi connectivity index (χ0n) is 28.4. The van der Waals surface area contributed by atoms with Crippen molar-refractivity contribution in [3.05, 3.63) is 96.1 Å². The number of nitrogens with zero attached hydrogens (tertiary/aromatic N) is 1. The largest absolute Gasteiger partial charge is 0.444 e. The van der Waals surface area contributed by atoms with Crippen LogP contribution < -0.4 is 16.4 Å². The van der Waals surface area contributed by atoms with Crippen LogP contribution in [0, 0.1) is 5.41 Å².